The van der Waals surface area contributed by atoms with Crippen LogP contribution in [0.4, 0.5) is 0 Å². The Labute approximate surface area is 110 Å². The predicted octanol–water partition coefficient (Wildman–Crippen LogP) is 3.46. The van der Waals surface area contributed by atoms with E-state index in [2.05, 4.69) is 19.9 Å². The van der Waals surface area contributed by atoms with Crippen LogP contribution < -0.4 is 5.73 Å². The van der Waals surface area contributed by atoms with Crippen LogP contribution in [0.25, 0.3) is 0 Å². The highest BCUT2D eigenvalue weighted by atomic mass is 16.1. The Morgan fingerprint density at radius 3 is 2.17 bits per heavy atom. The van der Waals surface area contributed by atoms with E-state index in [0.29, 0.717) is 0 Å². The van der Waals surface area contributed by atoms with Crippen molar-refractivity contribution < 1.29 is 4.79 Å². The molecule has 1 aliphatic carbocycles. The molecule has 0 radical (unpaired) electrons. The molecule has 0 heterocycles. The van der Waals surface area contributed by atoms with Crippen molar-refractivity contribution in [3.8, 4) is 0 Å². The van der Waals surface area contributed by atoms with Crippen molar-refractivity contribution in [3.63, 3.8) is 0 Å². The van der Waals surface area contributed by atoms with E-state index in [-0.39, 0.29) is 5.78 Å². The summed E-state index contributed by atoms with van der Waals surface area (Å²) in [7, 11) is 0. The molecule has 0 amide bonds. The number of nitrogens with two attached hydrogens (primary N) is 1. The first-order valence-electron chi connectivity index (χ1n) is 6.85. The van der Waals surface area contributed by atoms with Crippen LogP contribution in [0.3, 0.4) is 0 Å². The summed E-state index contributed by atoms with van der Waals surface area (Å²) in [5.41, 5.74) is 10.0. The molecule has 0 aromatic heterocycles. The summed E-state index contributed by atoms with van der Waals surface area (Å²) in [6.07, 6.45) is 5.02. The van der Waals surface area contributed by atoms with Gasteiger partial charge >= 0.3 is 0 Å². The molecule has 2 nitrogen and oxygen atoms in total. The average Bonchev–Trinajstić information content (AvgIpc) is 2.34. The van der Waals surface area contributed by atoms with Gasteiger partial charge in [-0.3, -0.25) is 4.79 Å². The van der Waals surface area contributed by atoms with Crippen molar-refractivity contribution >= 4 is 5.78 Å². The molecule has 1 fully saturated rings. The van der Waals surface area contributed by atoms with Crippen molar-refractivity contribution in [3.05, 3.63) is 34.4 Å². The zero-order chi connectivity index (χ0) is 13.3. The van der Waals surface area contributed by atoms with Crippen LogP contribution in [0.15, 0.2) is 12.1 Å². The monoisotopic (exact) mass is 245 g/mol. The molecule has 0 unspecified atom stereocenters. The van der Waals surface area contributed by atoms with Crippen molar-refractivity contribution in [1.82, 2.24) is 0 Å². The first-order chi connectivity index (χ1) is 8.44. The predicted molar refractivity (Wildman–Crippen MR) is 75.0 cm³/mol. The normalized spacial score (nSPS) is 18.7. The van der Waals surface area contributed by atoms with Crippen molar-refractivity contribution in [2.45, 2.75) is 58.4 Å². The fraction of sp³-hybridized carbons (Fsp3) is 0.562. The second-order valence-electron chi connectivity index (χ2n) is 5.80. The topological polar surface area (TPSA) is 43.1 Å². The van der Waals surface area contributed by atoms with E-state index in [1.807, 2.05) is 13.0 Å². The van der Waals surface area contributed by atoms with Gasteiger partial charge in [-0.1, -0.05) is 25.3 Å². The molecule has 1 aromatic carbocycles. The fourth-order valence-electron chi connectivity index (χ4n) is 2.88. The lowest BCUT2D eigenvalue weighted by Gasteiger charge is -2.32. The number of rotatable bonds is 2. The van der Waals surface area contributed by atoms with E-state index >= 15 is 0 Å². The van der Waals surface area contributed by atoms with Gasteiger partial charge in [0.15, 0.2) is 5.78 Å². The van der Waals surface area contributed by atoms with Crippen LogP contribution in [-0.2, 0) is 0 Å². The standard InChI is InChI=1S/C16H23NO/c1-11-9-13(3)14(10-12(11)2)15(18)16(17)7-5-4-6-8-16/h9-10H,4-8,17H2,1-3H3. The molecule has 1 aromatic rings. The van der Waals surface area contributed by atoms with Gasteiger partial charge in [-0.05, 0) is 56.4 Å². The van der Waals surface area contributed by atoms with Gasteiger partial charge in [0.25, 0.3) is 0 Å². The zero-order valence-corrected chi connectivity index (χ0v) is 11.7. The van der Waals surface area contributed by atoms with Gasteiger partial charge in [0.05, 0.1) is 5.54 Å². The number of Topliss-reactive ketones (excluding diaryl/α,β-unsaturated/α-hetero) is 1. The van der Waals surface area contributed by atoms with E-state index < -0.39 is 5.54 Å². The third-order valence-corrected chi connectivity index (χ3v) is 4.28. The first-order valence-corrected chi connectivity index (χ1v) is 6.85. The lowest BCUT2D eigenvalue weighted by molar-refractivity contribution is 0.0847. The van der Waals surface area contributed by atoms with E-state index in [1.54, 1.807) is 0 Å². The molecular weight excluding hydrogens is 222 g/mol. The maximum atomic E-state index is 12.7. The van der Waals surface area contributed by atoms with E-state index in [1.165, 1.54) is 17.5 Å². The largest absolute Gasteiger partial charge is 0.319 e. The van der Waals surface area contributed by atoms with Crippen LogP contribution in [-0.4, -0.2) is 11.3 Å². The van der Waals surface area contributed by atoms with Crippen LogP contribution in [0.1, 0.15) is 59.2 Å². The van der Waals surface area contributed by atoms with E-state index in [0.717, 1.165) is 36.8 Å². The number of carbonyl (C=O) groups excluding carboxylic acids is 1. The van der Waals surface area contributed by atoms with Crippen molar-refractivity contribution in [1.29, 1.82) is 0 Å². The maximum absolute atomic E-state index is 12.7. The second kappa shape index (κ2) is 4.85. The van der Waals surface area contributed by atoms with Gasteiger partial charge in [0, 0.05) is 5.56 Å². The van der Waals surface area contributed by atoms with E-state index in [4.69, 9.17) is 5.73 Å². The van der Waals surface area contributed by atoms with Gasteiger partial charge in [-0.25, -0.2) is 0 Å². The minimum atomic E-state index is -0.620. The average molecular weight is 245 g/mol. The Morgan fingerprint density at radius 1 is 1.00 bits per heavy atom. The van der Waals surface area contributed by atoms with Gasteiger partial charge in [0.2, 0.25) is 0 Å². The lowest BCUT2D eigenvalue weighted by atomic mass is 9.76. The number of hydrogen-bond donors (Lipinski definition) is 1. The highest BCUT2D eigenvalue weighted by molar-refractivity contribution is 6.04. The number of hydrogen-bond acceptors (Lipinski definition) is 2. The molecule has 1 saturated carbocycles. The second-order valence-corrected chi connectivity index (χ2v) is 5.80. The molecule has 98 valence electrons. The summed E-state index contributed by atoms with van der Waals surface area (Å²) in [5.74, 6) is 0.141. The van der Waals surface area contributed by atoms with Gasteiger partial charge < -0.3 is 5.73 Å². The Morgan fingerprint density at radius 2 is 1.56 bits per heavy atom. The molecule has 0 saturated heterocycles. The molecule has 0 spiro atoms. The number of carbonyl (C=O) groups is 1. The molecular formula is C16H23NO. The molecule has 0 atom stereocenters. The van der Waals surface area contributed by atoms with Gasteiger partial charge in [-0.15, -0.1) is 0 Å². The summed E-state index contributed by atoms with van der Waals surface area (Å²) >= 11 is 0. The summed E-state index contributed by atoms with van der Waals surface area (Å²) in [6.45, 7) is 6.14. The highest BCUT2D eigenvalue weighted by Gasteiger charge is 2.36. The minimum absolute atomic E-state index is 0.141. The van der Waals surface area contributed by atoms with Crippen LogP contribution >= 0.6 is 0 Å². The summed E-state index contributed by atoms with van der Waals surface area (Å²) in [6, 6.07) is 4.10. The van der Waals surface area contributed by atoms with Crippen LogP contribution in [0, 0.1) is 20.8 Å². The van der Waals surface area contributed by atoms with Crippen LogP contribution in [0.5, 0.6) is 0 Å². The smallest absolute Gasteiger partial charge is 0.182 e. The Kier molecular flexibility index (Phi) is 3.58. The van der Waals surface area contributed by atoms with E-state index in [9.17, 15) is 4.79 Å². The SMILES string of the molecule is Cc1cc(C)c(C(=O)C2(N)CCCCC2)cc1C. The number of aryl methyl sites for hydroxylation is 3. The molecule has 2 heteroatoms. The minimum Gasteiger partial charge on any atom is -0.319 e. The van der Waals surface area contributed by atoms with Crippen molar-refractivity contribution in [2.24, 2.45) is 5.73 Å². The maximum Gasteiger partial charge on any atom is 0.182 e. The molecule has 0 aliphatic heterocycles. The van der Waals surface area contributed by atoms with Gasteiger partial charge in [0.1, 0.15) is 0 Å². The first kappa shape index (κ1) is 13.3. The summed E-state index contributed by atoms with van der Waals surface area (Å²) < 4.78 is 0. The quantitative estimate of drug-likeness (QED) is 0.811. The third kappa shape index (κ3) is 2.35. The molecule has 2 N–H and O–H groups in total. The molecule has 18 heavy (non-hydrogen) atoms. The Hall–Kier alpha value is -1.15. The molecule has 2 rings (SSSR count). The molecule has 1 aliphatic rings. The van der Waals surface area contributed by atoms with Gasteiger partial charge in [-0.2, -0.15) is 0 Å². The third-order valence-electron chi connectivity index (χ3n) is 4.28. The lowest BCUT2D eigenvalue weighted by Crippen LogP contribution is -2.49. The Balaban J connectivity index is 2.36. The summed E-state index contributed by atoms with van der Waals surface area (Å²) in [4.78, 5) is 12.7. The summed E-state index contributed by atoms with van der Waals surface area (Å²) in [5, 5.41) is 0. The van der Waals surface area contributed by atoms with Crippen LogP contribution in [0.2, 0.25) is 0 Å². The zero-order valence-electron chi connectivity index (χ0n) is 11.7. The molecule has 0 bridgehead atoms. The highest BCUT2D eigenvalue weighted by Crippen LogP contribution is 2.30. The number of benzene rings is 1. The Bertz CT molecular complexity index is 470. The van der Waals surface area contributed by atoms with Crippen molar-refractivity contribution in [2.75, 3.05) is 0 Å². The number of ketones is 1. The fourth-order valence-corrected chi connectivity index (χ4v) is 2.88.